The quantitative estimate of drug-likeness (QED) is 0.255. The van der Waals surface area contributed by atoms with Gasteiger partial charge in [-0.25, -0.2) is 0 Å². The van der Waals surface area contributed by atoms with Gasteiger partial charge in [0.15, 0.2) is 0 Å². The molecule has 0 spiro atoms. The number of hydrogen-bond donors (Lipinski definition) is 0. The normalized spacial score (nSPS) is 13.0. The lowest BCUT2D eigenvalue weighted by Crippen LogP contribution is -2.46. The Labute approximate surface area is 121 Å². The van der Waals surface area contributed by atoms with Crippen molar-refractivity contribution in [2.24, 2.45) is 0 Å². The number of rotatable bonds is 11. The van der Waals surface area contributed by atoms with Crippen molar-refractivity contribution in [3.05, 3.63) is 10.4 Å². The van der Waals surface area contributed by atoms with Gasteiger partial charge in [-0.15, -0.1) is 23.2 Å². The van der Waals surface area contributed by atoms with E-state index in [1.54, 1.807) is 0 Å². The average Bonchev–Trinajstić information content (AvgIpc) is 2.35. The Kier molecular flexibility index (Phi) is 9.56. The summed E-state index contributed by atoms with van der Waals surface area (Å²) in [6.07, 6.45) is 1.55. The summed E-state index contributed by atoms with van der Waals surface area (Å²) in [6, 6.07) is 0. The van der Waals surface area contributed by atoms with E-state index in [2.05, 4.69) is 0 Å². The molecule has 18 heavy (non-hydrogen) atoms. The van der Waals surface area contributed by atoms with Gasteiger partial charge in [-0.05, 0) is 13.8 Å². The predicted octanol–water partition coefficient (Wildman–Crippen LogP) is 2.91. The molecule has 0 amide bonds. The Balaban J connectivity index is 4.00. The van der Waals surface area contributed by atoms with Crippen molar-refractivity contribution in [2.75, 3.05) is 51.0 Å². The molecule has 0 aliphatic rings. The maximum absolute atomic E-state index is 12.3. The van der Waals surface area contributed by atoms with Gasteiger partial charge in [0.1, 0.15) is 0 Å². The van der Waals surface area contributed by atoms with E-state index in [1.165, 1.54) is 0 Å². The molecule has 0 atom stereocenters. The highest BCUT2D eigenvalue weighted by Crippen LogP contribution is 2.11. The Hall–Kier alpha value is 0.420. The Bertz CT molecular complexity index is 208. The second-order valence-electron chi connectivity index (χ2n) is 4.73. The number of unbranched alkanes of at least 4 members (excludes halogenated alkanes) is 1. The molecular formula is C12H26Cl2N2O2. The van der Waals surface area contributed by atoms with Crippen molar-refractivity contribution >= 4 is 23.2 Å². The summed E-state index contributed by atoms with van der Waals surface area (Å²) in [7, 11) is 0. The highest BCUT2D eigenvalue weighted by atomic mass is 35.5. The highest BCUT2D eigenvalue weighted by molar-refractivity contribution is 6.18. The zero-order valence-corrected chi connectivity index (χ0v) is 13.0. The maximum Gasteiger partial charge on any atom is 0.0921 e. The van der Waals surface area contributed by atoms with Crippen molar-refractivity contribution in [3.8, 4) is 0 Å². The van der Waals surface area contributed by atoms with E-state index in [0.29, 0.717) is 51.0 Å². The zero-order chi connectivity index (χ0) is 14.1. The highest BCUT2D eigenvalue weighted by Gasteiger charge is 2.16. The van der Waals surface area contributed by atoms with Crippen molar-refractivity contribution in [2.45, 2.75) is 26.7 Å². The maximum atomic E-state index is 12.3. The molecule has 6 heteroatoms. The van der Waals surface area contributed by atoms with Crippen LogP contribution >= 0.6 is 23.2 Å². The van der Waals surface area contributed by atoms with Crippen LogP contribution in [0.4, 0.5) is 0 Å². The van der Waals surface area contributed by atoms with Crippen molar-refractivity contribution in [3.63, 3.8) is 0 Å². The lowest BCUT2D eigenvalue weighted by atomic mass is 10.2. The molecule has 0 aromatic carbocycles. The Morgan fingerprint density at radius 3 is 1.44 bits per heavy atom. The molecule has 0 fully saturated rings. The number of hydrogen-bond acceptors (Lipinski definition) is 2. The van der Waals surface area contributed by atoms with Gasteiger partial charge in [0.05, 0.1) is 51.0 Å². The number of alkyl halides is 2. The third-order valence-electron chi connectivity index (χ3n) is 3.52. The predicted molar refractivity (Wildman–Crippen MR) is 78.5 cm³/mol. The summed E-state index contributed by atoms with van der Waals surface area (Å²) >= 11 is 11.3. The lowest BCUT2D eigenvalue weighted by Gasteiger charge is -2.43. The van der Waals surface area contributed by atoms with Crippen molar-refractivity contribution < 1.29 is 9.29 Å². The first-order valence-electron chi connectivity index (χ1n) is 6.71. The van der Waals surface area contributed by atoms with Gasteiger partial charge in [0.2, 0.25) is 0 Å². The summed E-state index contributed by atoms with van der Waals surface area (Å²) in [6.45, 7) is 6.90. The van der Waals surface area contributed by atoms with Crippen LogP contribution in [0.1, 0.15) is 26.7 Å². The molecule has 0 radical (unpaired) electrons. The van der Waals surface area contributed by atoms with E-state index < -0.39 is 0 Å². The van der Waals surface area contributed by atoms with E-state index in [-0.39, 0.29) is 9.29 Å². The zero-order valence-electron chi connectivity index (χ0n) is 11.5. The molecule has 4 nitrogen and oxygen atoms in total. The molecule has 0 aliphatic heterocycles. The molecule has 110 valence electrons. The third-order valence-corrected chi connectivity index (χ3v) is 3.86. The van der Waals surface area contributed by atoms with Gasteiger partial charge in [-0.1, -0.05) is 0 Å². The molecule has 0 saturated carbocycles. The summed E-state index contributed by atoms with van der Waals surface area (Å²) < 4.78 is -0.492. The van der Waals surface area contributed by atoms with Crippen LogP contribution in [0.15, 0.2) is 0 Å². The molecule has 0 heterocycles. The van der Waals surface area contributed by atoms with Gasteiger partial charge in [0.25, 0.3) is 0 Å². The van der Waals surface area contributed by atoms with Crippen LogP contribution in [0, 0.1) is 10.4 Å². The SMILES string of the molecule is CC[N+]([O-])(CC)CCCC[N+]([O-])(CCCl)CCCl. The molecule has 0 bridgehead atoms. The van der Waals surface area contributed by atoms with Crippen LogP contribution < -0.4 is 0 Å². The number of halogens is 2. The summed E-state index contributed by atoms with van der Waals surface area (Å²) in [5.74, 6) is 0.706. The van der Waals surface area contributed by atoms with Gasteiger partial charge in [-0.2, -0.15) is 0 Å². The van der Waals surface area contributed by atoms with Crippen molar-refractivity contribution in [1.29, 1.82) is 0 Å². The molecular weight excluding hydrogens is 275 g/mol. The van der Waals surface area contributed by atoms with Crippen LogP contribution in [0.5, 0.6) is 0 Å². The van der Waals surface area contributed by atoms with E-state index in [4.69, 9.17) is 23.2 Å². The molecule has 0 saturated heterocycles. The second-order valence-corrected chi connectivity index (χ2v) is 5.48. The van der Waals surface area contributed by atoms with Crippen LogP contribution in [0.25, 0.3) is 0 Å². The summed E-state index contributed by atoms with van der Waals surface area (Å²) in [4.78, 5) is 0. The van der Waals surface area contributed by atoms with Gasteiger partial charge in [0, 0.05) is 12.8 Å². The minimum atomic E-state index is -0.329. The van der Waals surface area contributed by atoms with Crippen molar-refractivity contribution in [1.82, 2.24) is 0 Å². The van der Waals surface area contributed by atoms with Crippen LogP contribution in [0.2, 0.25) is 0 Å². The van der Waals surface area contributed by atoms with E-state index in [1.807, 2.05) is 13.8 Å². The summed E-state index contributed by atoms with van der Waals surface area (Å²) in [5.41, 5.74) is 0. The largest absolute Gasteiger partial charge is 0.633 e. The Morgan fingerprint density at radius 1 is 0.722 bits per heavy atom. The summed E-state index contributed by atoms with van der Waals surface area (Å²) in [5, 5.41) is 24.3. The van der Waals surface area contributed by atoms with Gasteiger partial charge >= 0.3 is 0 Å². The van der Waals surface area contributed by atoms with Crippen LogP contribution in [-0.4, -0.2) is 60.3 Å². The smallest absolute Gasteiger partial charge is 0.0921 e. The van der Waals surface area contributed by atoms with Gasteiger partial charge in [-0.3, -0.25) is 0 Å². The number of nitrogens with zero attached hydrogens (tertiary/aromatic N) is 2. The van der Waals surface area contributed by atoms with Crippen LogP contribution in [0.3, 0.4) is 0 Å². The van der Waals surface area contributed by atoms with Crippen LogP contribution in [-0.2, 0) is 0 Å². The fourth-order valence-electron chi connectivity index (χ4n) is 1.98. The topological polar surface area (TPSA) is 46.1 Å². The standard InChI is InChI=1S/C12H26Cl2N2O2/c1-3-15(17,4-2)9-5-6-10-16(18,11-7-13)12-8-14/h3-12H2,1-2H3. The first-order chi connectivity index (χ1) is 8.45. The Morgan fingerprint density at radius 2 is 1.11 bits per heavy atom. The monoisotopic (exact) mass is 300 g/mol. The first-order valence-corrected chi connectivity index (χ1v) is 7.78. The second kappa shape index (κ2) is 9.34. The molecule has 0 aromatic heterocycles. The van der Waals surface area contributed by atoms with Gasteiger partial charge < -0.3 is 19.7 Å². The minimum Gasteiger partial charge on any atom is -0.633 e. The minimum absolute atomic E-state index is 0.163. The number of hydroxylamine groups is 6. The first kappa shape index (κ1) is 18.4. The van der Waals surface area contributed by atoms with E-state index >= 15 is 0 Å². The lowest BCUT2D eigenvalue weighted by molar-refractivity contribution is -0.883. The third kappa shape index (κ3) is 7.12. The molecule has 0 rings (SSSR count). The molecule has 0 aliphatic carbocycles. The van der Waals surface area contributed by atoms with E-state index in [9.17, 15) is 10.4 Å². The fourth-order valence-corrected chi connectivity index (χ4v) is 2.60. The van der Waals surface area contributed by atoms with E-state index in [0.717, 1.165) is 12.8 Å². The molecule has 0 unspecified atom stereocenters. The fraction of sp³-hybridized carbons (Fsp3) is 1.00. The molecule has 0 N–H and O–H groups in total. The average molecular weight is 301 g/mol. The molecule has 0 aromatic rings. The number of quaternary nitrogens is 2.